The van der Waals surface area contributed by atoms with E-state index in [9.17, 15) is 14.4 Å². The first-order chi connectivity index (χ1) is 9.76. The molecule has 0 aromatic carbocycles. The number of amides is 1. The van der Waals surface area contributed by atoms with Crippen LogP contribution >= 0.6 is 0 Å². The second-order valence-corrected chi connectivity index (χ2v) is 5.16. The minimum absolute atomic E-state index is 0.274. The van der Waals surface area contributed by atoms with Crippen molar-refractivity contribution in [3.8, 4) is 0 Å². The zero-order valence-electron chi connectivity index (χ0n) is 13.0. The Morgan fingerprint density at radius 2 is 1.57 bits per heavy atom. The molecule has 0 aromatic rings. The third-order valence-electron chi connectivity index (χ3n) is 3.32. The Bertz CT molecular complexity index is 410. The number of hydrogen-bond donors (Lipinski definition) is 1. The molecular weight excluding hydrogens is 278 g/mol. The van der Waals surface area contributed by atoms with E-state index in [-0.39, 0.29) is 12.0 Å². The van der Waals surface area contributed by atoms with Gasteiger partial charge in [0.2, 0.25) is 5.91 Å². The summed E-state index contributed by atoms with van der Waals surface area (Å²) in [5.41, 5.74) is 0. The second-order valence-electron chi connectivity index (χ2n) is 5.16. The third-order valence-corrected chi connectivity index (χ3v) is 3.32. The van der Waals surface area contributed by atoms with E-state index in [1.807, 2.05) is 6.92 Å². The molecule has 7 heteroatoms. The number of ether oxygens (including phenoxy) is 3. The van der Waals surface area contributed by atoms with Crippen molar-refractivity contribution in [2.45, 2.75) is 71.5 Å². The van der Waals surface area contributed by atoms with Crippen molar-refractivity contribution in [1.29, 1.82) is 0 Å². The summed E-state index contributed by atoms with van der Waals surface area (Å²) < 4.78 is 16.4. The Morgan fingerprint density at radius 1 is 1.05 bits per heavy atom. The Kier molecular flexibility index (Phi) is 6.14. The van der Waals surface area contributed by atoms with Crippen LogP contribution < -0.4 is 5.32 Å². The zero-order valence-corrected chi connectivity index (χ0v) is 13.0. The van der Waals surface area contributed by atoms with E-state index < -0.39 is 36.3 Å². The van der Waals surface area contributed by atoms with Crippen molar-refractivity contribution < 1.29 is 28.6 Å². The van der Waals surface area contributed by atoms with Gasteiger partial charge in [0.1, 0.15) is 0 Å². The van der Waals surface area contributed by atoms with Crippen LogP contribution in [0.3, 0.4) is 0 Å². The van der Waals surface area contributed by atoms with Crippen molar-refractivity contribution in [3.05, 3.63) is 0 Å². The summed E-state index contributed by atoms with van der Waals surface area (Å²) in [6.45, 7) is 7.59. The van der Waals surface area contributed by atoms with Gasteiger partial charge in [-0.2, -0.15) is 0 Å². The molecule has 1 amide bonds. The Balaban J connectivity index is 3.08. The first kappa shape index (κ1) is 17.4. The molecule has 1 fully saturated rings. The third kappa shape index (κ3) is 4.70. The Labute approximate surface area is 124 Å². The van der Waals surface area contributed by atoms with Crippen molar-refractivity contribution in [2.75, 3.05) is 0 Å². The highest BCUT2D eigenvalue weighted by Gasteiger charge is 2.47. The lowest BCUT2D eigenvalue weighted by molar-refractivity contribution is -0.213. The molecule has 0 saturated carbocycles. The lowest BCUT2D eigenvalue weighted by Crippen LogP contribution is -2.64. The van der Waals surface area contributed by atoms with Gasteiger partial charge in [-0.1, -0.05) is 6.92 Å². The molecule has 0 spiro atoms. The van der Waals surface area contributed by atoms with E-state index in [1.165, 1.54) is 20.8 Å². The SMILES string of the molecule is CCC1O[C@H](C)[C@H](NC(C)=O)C(OC(C)=O)[C@H]1OC(C)=O. The average Bonchev–Trinajstić information content (AvgIpc) is 2.35. The van der Waals surface area contributed by atoms with Gasteiger partial charge in [0.15, 0.2) is 12.2 Å². The van der Waals surface area contributed by atoms with Gasteiger partial charge in [-0.25, -0.2) is 0 Å². The number of carbonyl (C=O) groups is 3. The van der Waals surface area contributed by atoms with Gasteiger partial charge in [-0.15, -0.1) is 0 Å². The molecule has 0 bridgehead atoms. The predicted molar refractivity (Wildman–Crippen MR) is 73.3 cm³/mol. The van der Waals surface area contributed by atoms with Crippen molar-refractivity contribution in [1.82, 2.24) is 5.32 Å². The molecule has 1 heterocycles. The first-order valence-electron chi connectivity index (χ1n) is 7.03. The lowest BCUT2D eigenvalue weighted by Gasteiger charge is -2.44. The summed E-state index contributed by atoms with van der Waals surface area (Å²) in [6.07, 6.45) is -1.69. The normalized spacial score (nSPS) is 32.1. The van der Waals surface area contributed by atoms with Crippen LogP contribution in [-0.4, -0.2) is 48.3 Å². The number of rotatable bonds is 4. The van der Waals surface area contributed by atoms with Crippen molar-refractivity contribution in [3.63, 3.8) is 0 Å². The maximum Gasteiger partial charge on any atom is 0.303 e. The fourth-order valence-electron chi connectivity index (χ4n) is 2.55. The highest BCUT2D eigenvalue weighted by molar-refractivity contribution is 5.73. The molecule has 1 N–H and O–H groups in total. The van der Waals surface area contributed by atoms with Crippen LogP contribution in [0.15, 0.2) is 0 Å². The summed E-state index contributed by atoms with van der Waals surface area (Å²) in [7, 11) is 0. The van der Waals surface area contributed by atoms with Crippen LogP contribution in [0.1, 0.15) is 41.0 Å². The molecule has 2 unspecified atom stereocenters. The second kappa shape index (κ2) is 7.40. The lowest BCUT2D eigenvalue weighted by atomic mass is 9.91. The molecule has 1 saturated heterocycles. The molecular formula is C14H23NO6. The Hall–Kier alpha value is -1.63. The fourth-order valence-corrected chi connectivity index (χ4v) is 2.55. The van der Waals surface area contributed by atoms with E-state index in [2.05, 4.69) is 5.32 Å². The van der Waals surface area contributed by atoms with E-state index >= 15 is 0 Å². The number of nitrogens with one attached hydrogen (secondary N) is 1. The molecule has 0 aromatic heterocycles. The molecule has 0 radical (unpaired) electrons. The minimum atomic E-state index is -0.774. The molecule has 120 valence electrons. The maximum absolute atomic E-state index is 11.4. The summed E-state index contributed by atoms with van der Waals surface area (Å²) in [6, 6.07) is -0.571. The molecule has 5 atom stereocenters. The highest BCUT2D eigenvalue weighted by Crippen LogP contribution is 2.28. The van der Waals surface area contributed by atoms with Gasteiger partial charge in [0, 0.05) is 20.8 Å². The van der Waals surface area contributed by atoms with E-state index in [0.717, 1.165) is 0 Å². The van der Waals surface area contributed by atoms with Crippen LogP contribution in [0.2, 0.25) is 0 Å². The number of carbonyl (C=O) groups excluding carboxylic acids is 3. The standard InChI is InChI=1S/C14H23NO6/c1-6-11-13(20-9(4)17)14(21-10(5)18)12(7(2)19-11)15-8(3)16/h7,11-14H,6H2,1-5H3,(H,15,16)/t7-,11?,12+,13+,14?/m1/s1. The van der Waals surface area contributed by atoms with Crippen molar-refractivity contribution in [2.24, 2.45) is 0 Å². The minimum Gasteiger partial charge on any atom is -0.456 e. The first-order valence-corrected chi connectivity index (χ1v) is 7.03. The van der Waals surface area contributed by atoms with Crippen LogP contribution in [0, 0.1) is 0 Å². The highest BCUT2D eigenvalue weighted by atomic mass is 16.6. The fraction of sp³-hybridized carbons (Fsp3) is 0.786. The largest absolute Gasteiger partial charge is 0.456 e. The van der Waals surface area contributed by atoms with Gasteiger partial charge in [-0.3, -0.25) is 14.4 Å². The van der Waals surface area contributed by atoms with Crippen molar-refractivity contribution >= 4 is 17.8 Å². The van der Waals surface area contributed by atoms with Gasteiger partial charge < -0.3 is 19.5 Å². The van der Waals surface area contributed by atoms with Crippen LogP contribution in [0.25, 0.3) is 0 Å². The van der Waals surface area contributed by atoms with Gasteiger partial charge >= 0.3 is 11.9 Å². The summed E-state index contributed by atoms with van der Waals surface area (Å²) in [4.78, 5) is 34.0. The van der Waals surface area contributed by atoms with Gasteiger partial charge in [0.25, 0.3) is 0 Å². The molecule has 0 aliphatic carbocycles. The smallest absolute Gasteiger partial charge is 0.303 e. The Morgan fingerprint density at radius 3 is 2.00 bits per heavy atom. The van der Waals surface area contributed by atoms with E-state index in [0.29, 0.717) is 6.42 Å². The molecule has 1 rings (SSSR count). The molecule has 21 heavy (non-hydrogen) atoms. The summed E-state index contributed by atoms with van der Waals surface area (Å²) in [5, 5.41) is 2.70. The molecule has 7 nitrogen and oxygen atoms in total. The number of esters is 2. The number of hydrogen-bond acceptors (Lipinski definition) is 6. The van der Waals surface area contributed by atoms with Gasteiger partial charge in [0.05, 0.1) is 18.2 Å². The summed E-state index contributed by atoms with van der Waals surface area (Å²) in [5.74, 6) is -1.27. The topological polar surface area (TPSA) is 90.9 Å². The van der Waals surface area contributed by atoms with Crippen LogP contribution in [0.5, 0.6) is 0 Å². The monoisotopic (exact) mass is 301 g/mol. The van der Waals surface area contributed by atoms with E-state index in [4.69, 9.17) is 14.2 Å². The van der Waals surface area contributed by atoms with Gasteiger partial charge in [-0.05, 0) is 13.3 Å². The van der Waals surface area contributed by atoms with Crippen LogP contribution in [0.4, 0.5) is 0 Å². The molecule has 1 aliphatic heterocycles. The quantitative estimate of drug-likeness (QED) is 0.763. The molecule has 1 aliphatic rings. The average molecular weight is 301 g/mol. The summed E-state index contributed by atoms with van der Waals surface area (Å²) >= 11 is 0. The predicted octanol–water partition coefficient (Wildman–Crippen LogP) is 0.552. The van der Waals surface area contributed by atoms with Crippen LogP contribution in [-0.2, 0) is 28.6 Å². The zero-order chi connectivity index (χ0) is 16.2. The maximum atomic E-state index is 11.4. The van der Waals surface area contributed by atoms with E-state index in [1.54, 1.807) is 6.92 Å².